The molecular weight excluding hydrogens is 274 g/mol. The van der Waals surface area contributed by atoms with Crippen molar-refractivity contribution in [2.45, 2.75) is 31.6 Å². The number of rotatable bonds is 4. The number of nitrogens with zero attached hydrogens (tertiary/aromatic N) is 5. The summed E-state index contributed by atoms with van der Waals surface area (Å²) in [6.45, 7) is 4.45. The fraction of sp³-hybridized carbons (Fsp3) is 0.556. The minimum atomic E-state index is 0.192. The second kappa shape index (κ2) is 4.73. The molecule has 1 unspecified atom stereocenters. The highest BCUT2D eigenvalue weighted by Crippen LogP contribution is 2.18. The van der Waals surface area contributed by atoms with Gasteiger partial charge in [0.2, 0.25) is 5.89 Å². The van der Waals surface area contributed by atoms with Crippen molar-refractivity contribution in [2.24, 2.45) is 0 Å². The van der Waals surface area contributed by atoms with Gasteiger partial charge in [-0.05, 0) is 6.92 Å². The van der Waals surface area contributed by atoms with Crippen LogP contribution in [-0.4, -0.2) is 25.1 Å². The topological polar surface area (TPSA) is 69.6 Å². The molecule has 0 N–H and O–H groups in total. The molecule has 0 aliphatic heterocycles. The van der Waals surface area contributed by atoms with Crippen molar-refractivity contribution in [3.8, 4) is 0 Å². The highest BCUT2D eigenvalue weighted by Gasteiger charge is 2.09. The molecule has 1 atom stereocenters. The minimum Gasteiger partial charge on any atom is -0.339 e. The Morgan fingerprint density at radius 1 is 1.56 bits per heavy atom. The summed E-state index contributed by atoms with van der Waals surface area (Å²) in [6, 6.07) is 0. The van der Waals surface area contributed by atoms with E-state index in [1.807, 2.05) is 20.0 Å². The molecule has 2 heterocycles. The smallest absolute Gasteiger partial charge is 0.226 e. The SMILES string of the molecule is CCc1nc(Cn2cc(C(C)Br)nn2)no1. The fourth-order valence-electron chi connectivity index (χ4n) is 1.22. The van der Waals surface area contributed by atoms with E-state index in [-0.39, 0.29) is 4.83 Å². The van der Waals surface area contributed by atoms with Crippen molar-refractivity contribution in [1.29, 1.82) is 0 Å². The molecule has 86 valence electrons. The third-order valence-corrected chi connectivity index (χ3v) is 2.55. The summed E-state index contributed by atoms with van der Waals surface area (Å²) in [5, 5.41) is 11.9. The lowest BCUT2D eigenvalue weighted by Crippen LogP contribution is -2.02. The van der Waals surface area contributed by atoms with Crippen LogP contribution in [0, 0.1) is 0 Å². The third-order valence-electron chi connectivity index (χ3n) is 2.08. The standard InChI is InChI=1S/C9H12BrN5O/c1-3-9-11-8(13-16-9)5-15-4-7(6(2)10)12-14-15/h4,6H,3,5H2,1-2H3. The van der Waals surface area contributed by atoms with E-state index in [1.165, 1.54) is 0 Å². The molecule has 0 radical (unpaired) electrons. The monoisotopic (exact) mass is 285 g/mol. The molecule has 6 nitrogen and oxygen atoms in total. The highest BCUT2D eigenvalue weighted by atomic mass is 79.9. The summed E-state index contributed by atoms with van der Waals surface area (Å²) in [4.78, 5) is 4.39. The summed E-state index contributed by atoms with van der Waals surface area (Å²) in [7, 11) is 0. The number of hydrogen-bond donors (Lipinski definition) is 0. The maximum atomic E-state index is 5.01. The van der Waals surface area contributed by atoms with E-state index < -0.39 is 0 Å². The van der Waals surface area contributed by atoms with Crippen LogP contribution in [0.3, 0.4) is 0 Å². The summed E-state index contributed by atoms with van der Waals surface area (Å²) in [5.74, 6) is 1.26. The maximum absolute atomic E-state index is 5.01. The molecule has 0 aliphatic carbocycles. The first-order valence-corrected chi connectivity index (χ1v) is 5.96. The van der Waals surface area contributed by atoms with E-state index in [1.54, 1.807) is 4.68 Å². The molecule has 2 aromatic heterocycles. The lowest BCUT2D eigenvalue weighted by Gasteiger charge is -1.94. The molecule has 0 fully saturated rings. The Bertz CT molecular complexity index is 464. The van der Waals surface area contributed by atoms with E-state index in [4.69, 9.17) is 4.52 Å². The zero-order chi connectivity index (χ0) is 11.5. The Morgan fingerprint density at radius 3 is 2.94 bits per heavy atom. The van der Waals surface area contributed by atoms with Crippen molar-refractivity contribution in [3.05, 3.63) is 23.6 Å². The van der Waals surface area contributed by atoms with Crippen LogP contribution in [0.1, 0.15) is 36.1 Å². The van der Waals surface area contributed by atoms with Crippen molar-refractivity contribution in [2.75, 3.05) is 0 Å². The first kappa shape index (κ1) is 11.3. The highest BCUT2D eigenvalue weighted by molar-refractivity contribution is 9.09. The number of hydrogen-bond acceptors (Lipinski definition) is 5. The molecule has 0 amide bonds. The Balaban J connectivity index is 2.08. The van der Waals surface area contributed by atoms with Gasteiger partial charge in [0.15, 0.2) is 5.82 Å². The normalized spacial score (nSPS) is 12.9. The van der Waals surface area contributed by atoms with Crippen LogP contribution < -0.4 is 0 Å². The van der Waals surface area contributed by atoms with Crippen molar-refractivity contribution < 1.29 is 4.52 Å². The van der Waals surface area contributed by atoms with Gasteiger partial charge < -0.3 is 4.52 Å². The lowest BCUT2D eigenvalue weighted by molar-refractivity contribution is 0.374. The molecule has 0 aliphatic rings. The Labute approximate surface area is 101 Å². The Morgan fingerprint density at radius 2 is 2.38 bits per heavy atom. The molecule has 2 rings (SSSR count). The van der Waals surface area contributed by atoms with Crippen molar-refractivity contribution >= 4 is 15.9 Å². The van der Waals surface area contributed by atoms with Crippen LogP contribution in [0.4, 0.5) is 0 Å². The van der Waals surface area contributed by atoms with E-state index in [9.17, 15) is 0 Å². The zero-order valence-electron chi connectivity index (χ0n) is 9.09. The van der Waals surface area contributed by atoms with Crippen LogP contribution in [0.15, 0.2) is 10.7 Å². The fourth-order valence-corrected chi connectivity index (χ4v) is 1.43. The lowest BCUT2D eigenvalue weighted by atomic mass is 10.4. The predicted molar refractivity (Wildman–Crippen MR) is 60.1 cm³/mol. The van der Waals surface area contributed by atoms with Gasteiger partial charge in [0.05, 0.1) is 16.7 Å². The quantitative estimate of drug-likeness (QED) is 0.800. The van der Waals surface area contributed by atoms with Gasteiger partial charge in [-0.3, -0.25) is 0 Å². The van der Waals surface area contributed by atoms with Gasteiger partial charge in [0, 0.05) is 6.42 Å². The van der Waals surface area contributed by atoms with E-state index >= 15 is 0 Å². The van der Waals surface area contributed by atoms with E-state index in [0.29, 0.717) is 18.3 Å². The van der Waals surface area contributed by atoms with Crippen molar-refractivity contribution in [1.82, 2.24) is 25.1 Å². The third kappa shape index (κ3) is 2.46. The van der Waals surface area contributed by atoms with E-state index in [0.717, 1.165) is 12.1 Å². The molecule has 0 bridgehead atoms. The zero-order valence-corrected chi connectivity index (χ0v) is 10.7. The molecule has 0 saturated heterocycles. The number of aryl methyl sites for hydroxylation is 1. The summed E-state index contributed by atoms with van der Waals surface area (Å²) < 4.78 is 6.70. The van der Waals surface area contributed by atoms with Gasteiger partial charge in [-0.15, -0.1) is 5.10 Å². The average Bonchev–Trinajstić information content (AvgIpc) is 2.87. The molecule has 2 aromatic rings. The molecule has 0 aromatic carbocycles. The predicted octanol–water partition coefficient (Wildman–Crippen LogP) is 1.73. The van der Waals surface area contributed by atoms with Crippen LogP contribution in [0.2, 0.25) is 0 Å². The summed E-state index contributed by atoms with van der Waals surface area (Å²) in [5.41, 5.74) is 0.888. The molecule has 7 heteroatoms. The van der Waals surface area contributed by atoms with Crippen LogP contribution in [0.5, 0.6) is 0 Å². The average molecular weight is 286 g/mol. The summed E-state index contributed by atoms with van der Waals surface area (Å²) >= 11 is 3.43. The second-order valence-corrected chi connectivity index (χ2v) is 4.79. The minimum absolute atomic E-state index is 0.192. The van der Waals surface area contributed by atoms with Crippen molar-refractivity contribution in [3.63, 3.8) is 0 Å². The second-order valence-electron chi connectivity index (χ2n) is 3.41. The Hall–Kier alpha value is -1.24. The van der Waals surface area contributed by atoms with Gasteiger partial charge >= 0.3 is 0 Å². The molecular formula is C9H12BrN5O. The van der Waals surface area contributed by atoms with Crippen LogP contribution in [0.25, 0.3) is 0 Å². The van der Waals surface area contributed by atoms with E-state index in [2.05, 4.69) is 36.4 Å². The Kier molecular flexibility index (Phi) is 3.33. The van der Waals surface area contributed by atoms with Gasteiger partial charge in [-0.2, -0.15) is 4.98 Å². The largest absolute Gasteiger partial charge is 0.339 e. The van der Waals surface area contributed by atoms with Gasteiger partial charge in [-0.1, -0.05) is 33.2 Å². The van der Waals surface area contributed by atoms with Gasteiger partial charge in [-0.25, -0.2) is 4.68 Å². The molecule has 0 saturated carbocycles. The molecule has 0 spiro atoms. The number of halogens is 1. The number of aromatic nitrogens is 5. The van der Waals surface area contributed by atoms with Gasteiger partial charge in [0.1, 0.15) is 6.54 Å². The van der Waals surface area contributed by atoms with Crippen LogP contribution in [-0.2, 0) is 13.0 Å². The van der Waals surface area contributed by atoms with Crippen LogP contribution >= 0.6 is 15.9 Å². The number of alkyl halides is 1. The summed E-state index contributed by atoms with van der Waals surface area (Å²) in [6.07, 6.45) is 2.61. The first-order valence-electron chi connectivity index (χ1n) is 5.04. The van der Waals surface area contributed by atoms with Gasteiger partial charge in [0.25, 0.3) is 0 Å². The first-order chi connectivity index (χ1) is 7.69. The maximum Gasteiger partial charge on any atom is 0.226 e. The molecule has 16 heavy (non-hydrogen) atoms.